The lowest BCUT2D eigenvalue weighted by Crippen LogP contribution is -2.07. The highest BCUT2D eigenvalue weighted by molar-refractivity contribution is 7.17. The number of nitrogens with zero attached hydrogens (tertiary/aromatic N) is 2. The average molecular weight is 501 g/mol. The number of thiophene rings is 2. The number of allylic oxidation sites excluding steroid dienone is 2. The smallest absolute Gasteiger partial charge is 0.333 e. The molecule has 2 aliphatic carbocycles. The van der Waals surface area contributed by atoms with Gasteiger partial charge in [0.05, 0.1) is 11.6 Å². The monoisotopic (exact) mass is 500 g/mol. The number of carboxylic acids is 1. The number of carboxylic acid groups (broad SMARTS) is 1. The third-order valence-electron chi connectivity index (χ3n) is 5.92. The highest BCUT2D eigenvalue weighted by Gasteiger charge is 2.29. The second-order valence-corrected chi connectivity index (χ2v) is 9.85. The number of aliphatic carboxylic acids is 1. The number of aryl methyl sites for hydroxylation is 2. The Morgan fingerprint density at radius 2 is 1.54 bits per heavy atom. The van der Waals surface area contributed by atoms with Gasteiger partial charge in [0.1, 0.15) is 0 Å². The molecule has 0 aliphatic heterocycles. The zero-order chi connectivity index (χ0) is 25.5. The molecule has 6 heteroatoms. The van der Waals surface area contributed by atoms with Crippen LogP contribution in [0.4, 0.5) is 10.7 Å². The van der Waals surface area contributed by atoms with Crippen LogP contribution in [0.15, 0.2) is 74.5 Å². The molecule has 0 saturated carbocycles. The number of hydrogen-bond acceptors (Lipinski definition) is 4. The molecule has 1 aromatic carbocycles. The lowest BCUT2D eigenvalue weighted by Gasteiger charge is -2.17. The lowest BCUT2D eigenvalue weighted by molar-refractivity contribution is -0.132. The maximum Gasteiger partial charge on any atom is 0.333 e. The number of para-hydroxylation sites is 1. The molecule has 2 aliphatic rings. The largest absolute Gasteiger partial charge is 0.486 e. The first kappa shape index (κ1) is 26.0. The Morgan fingerprint density at radius 1 is 0.971 bits per heavy atom. The predicted octanol–water partition coefficient (Wildman–Crippen LogP) is 8.33. The Kier molecular flexibility index (Phi) is 8.64. The molecular weight excluding hydrogens is 472 g/mol. The van der Waals surface area contributed by atoms with Gasteiger partial charge in [-0.15, -0.1) is 49.0 Å². The van der Waals surface area contributed by atoms with Gasteiger partial charge in [0.2, 0.25) is 0 Å². The van der Waals surface area contributed by atoms with E-state index in [-0.39, 0.29) is 5.70 Å². The SMILES string of the molecule is C=C.C=C.[C-]#[N+]/C(=C\c1cc2c(s1)/C(=C1\CCc3cc(N(C)c4ccccc4)sc31)CC2)C(=O)O. The van der Waals surface area contributed by atoms with Crippen molar-refractivity contribution in [2.75, 3.05) is 11.9 Å². The molecule has 0 atom stereocenters. The van der Waals surface area contributed by atoms with E-state index in [0.717, 1.165) is 30.6 Å². The number of anilines is 2. The number of benzene rings is 1. The van der Waals surface area contributed by atoms with Crippen molar-refractivity contribution in [2.24, 2.45) is 0 Å². The number of rotatable bonds is 4. The highest BCUT2D eigenvalue weighted by Crippen LogP contribution is 2.50. The molecule has 0 saturated heterocycles. The van der Waals surface area contributed by atoms with Crippen LogP contribution < -0.4 is 4.90 Å². The van der Waals surface area contributed by atoms with Gasteiger partial charge in [-0.2, -0.15) is 0 Å². The zero-order valence-corrected chi connectivity index (χ0v) is 21.5. The van der Waals surface area contributed by atoms with Crippen LogP contribution in [0.5, 0.6) is 0 Å². The fourth-order valence-corrected chi connectivity index (χ4v) is 6.90. The van der Waals surface area contributed by atoms with E-state index in [9.17, 15) is 4.79 Å². The second kappa shape index (κ2) is 11.7. The van der Waals surface area contributed by atoms with E-state index in [1.54, 1.807) is 11.3 Å². The topological polar surface area (TPSA) is 44.9 Å². The molecule has 0 fully saturated rings. The Bertz CT molecular complexity index is 1320. The molecule has 178 valence electrons. The fourth-order valence-electron chi connectivity index (χ4n) is 4.36. The van der Waals surface area contributed by atoms with Gasteiger partial charge in [0.25, 0.3) is 5.70 Å². The van der Waals surface area contributed by atoms with Crippen molar-refractivity contribution in [2.45, 2.75) is 25.7 Å². The van der Waals surface area contributed by atoms with Crippen LogP contribution in [0.3, 0.4) is 0 Å². The molecule has 0 bridgehead atoms. The maximum absolute atomic E-state index is 11.2. The van der Waals surface area contributed by atoms with Crippen LogP contribution >= 0.6 is 22.7 Å². The molecule has 0 spiro atoms. The number of fused-ring (bicyclic) bond motifs is 2. The van der Waals surface area contributed by atoms with E-state index < -0.39 is 5.97 Å². The van der Waals surface area contributed by atoms with E-state index in [1.807, 2.05) is 17.4 Å². The standard InChI is InChI=1S/C25H20N2O2S2.2C2H4/c1-26-21(25(28)29)14-18-12-15-8-10-19(23(15)30-18)20-11-9-16-13-22(31-24(16)20)27(2)17-6-4-3-5-7-17;2*1-2/h3-7,12-14H,8-11H2,2H3,(H,28,29);2*1-2H2/b20-19+,21-14-;;. The first-order valence-corrected chi connectivity index (χ1v) is 12.8. The summed E-state index contributed by atoms with van der Waals surface area (Å²) in [5.41, 5.74) is 6.52. The summed E-state index contributed by atoms with van der Waals surface area (Å²) >= 11 is 3.48. The van der Waals surface area contributed by atoms with Crippen molar-refractivity contribution in [1.29, 1.82) is 0 Å². The third kappa shape index (κ3) is 5.22. The molecule has 5 rings (SSSR count). The normalized spacial score (nSPS) is 15.6. The Balaban J connectivity index is 0.000000815. The van der Waals surface area contributed by atoms with Gasteiger partial charge in [-0.1, -0.05) is 18.2 Å². The van der Waals surface area contributed by atoms with E-state index in [0.29, 0.717) is 0 Å². The summed E-state index contributed by atoms with van der Waals surface area (Å²) in [5.74, 6) is -1.17. The molecule has 0 radical (unpaired) electrons. The molecule has 0 amide bonds. The molecule has 2 aromatic heterocycles. The minimum Gasteiger partial charge on any atom is -0.486 e. The van der Waals surface area contributed by atoms with Crippen molar-refractivity contribution in [1.82, 2.24) is 0 Å². The molecule has 35 heavy (non-hydrogen) atoms. The van der Waals surface area contributed by atoms with Gasteiger partial charge in [0.15, 0.2) is 0 Å². The maximum atomic E-state index is 11.2. The van der Waals surface area contributed by atoms with Crippen molar-refractivity contribution < 1.29 is 9.90 Å². The van der Waals surface area contributed by atoms with E-state index in [4.69, 9.17) is 11.7 Å². The summed E-state index contributed by atoms with van der Waals surface area (Å²) in [4.78, 5) is 20.1. The molecule has 3 aromatic rings. The summed E-state index contributed by atoms with van der Waals surface area (Å²) in [7, 11) is 2.12. The van der Waals surface area contributed by atoms with Crippen molar-refractivity contribution >= 4 is 56.6 Å². The zero-order valence-electron chi connectivity index (χ0n) is 19.8. The van der Waals surface area contributed by atoms with Gasteiger partial charge in [0, 0.05) is 27.4 Å². The lowest BCUT2D eigenvalue weighted by atomic mass is 10.1. The minimum absolute atomic E-state index is 0.232. The highest BCUT2D eigenvalue weighted by atomic mass is 32.1. The van der Waals surface area contributed by atoms with Crippen molar-refractivity contribution in [3.63, 3.8) is 0 Å². The van der Waals surface area contributed by atoms with Gasteiger partial charge >= 0.3 is 5.97 Å². The fraction of sp³-hybridized carbons (Fsp3) is 0.172. The first-order chi connectivity index (χ1) is 17.0. The third-order valence-corrected chi connectivity index (χ3v) is 8.42. The van der Waals surface area contributed by atoms with Gasteiger partial charge in [-0.05, 0) is 78.3 Å². The quantitative estimate of drug-likeness (QED) is 0.222. The molecule has 0 unspecified atom stereocenters. The van der Waals surface area contributed by atoms with Crippen molar-refractivity contribution in [3.05, 3.63) is 112 Å². The van der Waals surface area contributed by atoms with E-state index in [2.05, 4.69) is 79.5 Å². The summed E-state index contributed by atoms with van der Waals surface area (Å²) in [6, 6.07) is 14.8. The molecule has 1 N–H and O–H groups in total. The predicted molar refractivity (Wildman–Crippen MR) is 151 cm³/mol. The van der Waals surface area contributed by atoms with Crippen LogP contribution in [0, 0.1) is 6.57 Å². The Hall–Kier alpha value is -3.66. The molecule has 4 nitrogen and oxygen atoms in total. The molecular formula is C29H28N2O2S2. The number of hydrogen-bond donors (Lipinski definition) is 1. The van der Waals surface area contributed by atoms with Crippen LogP contribution in [-0.4, -0.2) is 18.1 Å². The van der Waals surface area contributed by atoms with Gasteiger partial charge in [-0.25, -0.2) is 4.85 Å². The summed E-state index contributed by atoms with van der Waals surface area (Å²) in [6.07, 6.45) is 5.66. The number of carbonyl (C=O) groups is 1. The summed E-state index contributed by atoms with van der Waals surface area (Å²) < 4.78 is 0. The van der Waals surface area contributed by atoms with E-state index >= 15 is 0 Å². The summed E-state index contributed by atoms with van der Waals surface area (Å²) in [5, 5.41) is 10.4. The van der Waals surface area contributed by atoms with Crippen LogP contribution in [-0.2, 0) is 17.6 Å². The van der Waals surface area contributed by atoms with Crippen molar-refractivity contribution in [3.8, 4) is 0 Å². The van der Waals surface area contributed by atoms with Crippen LogP contribution in [0.2, 0.25) is 0 Å². The van der Waals surface area contributed by atoms with Gasteiger partial charge < -0.3 is 10.0 Å². The summed E-state index contributed by atoms with van der Waals surface area (Å²) in [6.45, 7) is 19.1. The van der Waals surface area contributed by atoms with Crippen LogP contribution in [0.1, 0.15) is 38.6 Å². The minimum atomic E-state index is -1.17. The first-order valence-electron chi connectivity index (χ1n) is 11.1. The Labute approximate surface area is 215 Å². The van der Waals surface area contributed by atoms with Gasteiger partial charge in [-0.3, -0.25) is 4.79 Å². The van der Waals surface area contributed by atoms with E-state index in [1.165, 1.54) is 48.8 Å². The molecule has 2 heterocycles. The average Bonchev–Trinajstić information content (AvgIpc) is 3.66. The Morgan fingerprint density at radius 3 is 2.11 bits per heavy atom. The second-order valence-electron chi connectivity index (χ2n) is 7.74. The van der Waals surface area contributed by atoms with Crippen LogP contribution in [0.25, 0.3) is 22.1 Å².